The van der Waals surface area contributed by atoms with Gasteiger partial charge in [-0.15, -0.1) is 0 Å². The van der Waals surface area contributed by atoms with Gasteiger partial charge in [-0.1, -0.05) is 111 Å². The van der Waals surface area contributed by atoms with Crippen LogP contribution in [0.5, 0.6) is 0 Å². The van der Waals surface area contributed by atoms with E-state index in [9.17, 15) is 0 Å². The Bertz CT molecular complexity index is 184. The Balaban J connectivity index is 3.61. The monoisotopic (exact) mass is 295 g/mol. The second-order valence-corrected chi connectivity index (χ2v) is 7.00. The highest BCUT2D eigenvalue weighted by Crippen LogP contribution is 2.29. The summed E-state index contributed by atoms with van der Waals surface area (Å²) in [4.78, 5) is 0. The van der Waals surface area contributed by atoms with Gasteiger partial charge in [0.2, 0.25) is 0 Å². The molecule has 1 atom stereocenters. The van der Waals surface area contributed by atoms with E-state index in [4.69, 9.17) is 0 Å². The predicted molar refractivity (Wildman–Crippen MR) is 98.7 cm³/mol. The summed E-state index contributed by atoms with van der Waals surface area (Å²) in [6.07, 6.45) is 21.4. The van der Waals surface area contributed by atoms with E-state index < -0.39 is 0 Å². The third-order valence-corrected chi connectivity index (χ3v) is 5.01. The maximum atomic E-state index is 2.44. The quantitative estimate of drug-likeness (QED) is 0.252. The molecule has 21 heavy (non-hydrogen) atoms. The minimum atomic E-state index is 0.858. The second kappa shape index (κ2) is 16.4. The molecule has 0 aliphatic carbocycles. The topological polar surface area (TPSA) is 0 Å². The maximum Gasteiger partial charge on any atom is -0.0213 e. The molecule has 0 saturated carbocycles. The van der Waals surface area contributed by atoms with E-state index >= 15 is 0 Å². The molecule has 0 rings (SSSR count). The van der Waals surface area contributed by atoms with Crippen LogP contribution >= 0.6 is 0 Å². The zero-order valence-corrected chi connectivity index (χ0v) is 15.7. The van der Waals surface area contributed by atoms with Gasteiger partial charge in [-0.3, -0.25) is 0 Å². The van der Waals surface area contributed by atoms with Crippen molar-refractivity contribution in [2.75, 3.05) is 0 Å². The second-order valence-electron chi connectivity index (χ2n) is 7.00. The van der Waals surface area contributed by atoms with Crippen LogP contribution in [0.1, 0.15) is 124 Å². The molecule has 0 spiro atoms. The molecular weight excluding hydrogens is 252 g/mol. The maximum absolute atomic E-state index is 2.44. The summed E-state index contributed by atoms with van der Waals surface area (Å²) in [6, 6.07) is 0. The summed E-state index contributed by atoms with van der Waals surface area (Å²) < 4.78 is 0. The third-order valence-electron chi connectivity index (χ3n) is 5.01. The predicted octanol–water partition coefficient (Wildman–Crippen LogP) is 8.11. The van der Waals surface area contributed by atoms with Gasteiger partial charge in [0.05, 0.1) is 0 Å². The van der Waals surface area contributed by atoms with Gasteiger partial charge >= 0.3 is 0 Å². The van der Waals surface area contributed by atoms with Gasteiger partial charge < -0.3 is 0 Å². The highest BCUT2D eigenvalue weighted by atomic mass is 14.2. The van der Waals surface area contributed by atoms with E-state index in [2.05, 4.69) is 27.7 Å². The number of hydrogen-bond acceptors (Lipinski definition) is 0. The van der Waals surface area contributed by atoms with Crippen molar-refractivity contribution >= 4 is 0 Å². The fourth-order valence-corrected chi connectivity index (χ4v) is 3.17. The van der Waals surface area contributed by atoms with Gasteiger partial charge in [-0.2, -0.15) is 0 Å². The third kappa shape index (κ3) is 13.4. The molecule has 0 aliphatic rings. The van der Waals surface area contributed by atoms with Gasteiger partial charge in [0, 0.05) is 0 Å². The number of rotatable bonds is 16. The van der Waals surface area contributed by atoms with Crippen LogP contribution in [0, 0.1) is 11.8 Å². The first-order valence-electron chi connectivity index (χ1n) is 10.1. The molecule has 0 bridgehead atoms. The van der Waals surface area contributed by atoms with Crippen LogP contribution in [0.3, 0.4) is 0 Å². The zero-order valence-electron chi connectivity index (χ0n) is 15.7. The molecule has 0 heteroatoms. The van der Waals surface area contributed by atoms with Gasteiger partial charge in [-0.25, -0.2) is 0 Å². The number of unbranched alkanes of at least 4 members (excludes halogenated alkanes) is 10. The smallest absolute Gasteiger partial charge is 0.0213 e. The summed E-state index contributed by atoms with van der Waals surface area (Å²) in [6.45, 7) is 9.40. The van der Waals surface area contributed by atoms with Crippen molar-refractivity contribution < 1.29 is 0 Å². The van der Waals surface area contributed by atoms with Crippen molar-refractivity contribution in [1.82, 2.24) is 0 Å². The Morgan fingerprint density at radius 2 is 0.952 bits per heavy atom. The van der Waals surface area contributed by atoms with E-state index in [0.29, 0.717) is 0 Å². The van der Waals surface area contributed by atoms with Crippen molar-refractivity contribution in [3.63, 3.8) is 0 Å². The van der Waals surface area contributed by atoms with Gasteiger partial charge in [0.15, 0.2) is 0 Å². The van der Waals surface area contributed by atoms with Crippen molar-refractivity contribution in [2.24, 2.45) is 5.92 Å². The molecule has 0 heterocycles. The summed E-state index contributed by atoms with van der Waals surface area (Å²) in [5.74, 6) is 2.73. The van der Waals surface area contributed by atoms with Crippen molar-refractivity contribution in [1.29, 1.82) is 0 Å². The highest BCUT2D eigenvalue weighted by Gasteiger charge is 2.15. The molecule has 0 aliphatic heterocycles. The Kier molecular flexibility index (Phi) is 16.4. The van der Waals surface area contributed by atoms with Gasteiger partial charge in [-0.05, 0) is 24.7 Å². The van der Waals surface area contributed by atoms with Crippen molar-refractivity contribution in [2.45, 2.75) is 124 Å². The van der Waals surface area contributed by atoms with E-state index in [-0.39, 0.29) is 0 Å². The van der Waals surface area contributed by atoms with E-state index in [1.54, 1.807) is 0 Å². The van der Waals surface area contributed by atoms with Crippen LogP contribution < -0.4 is 0 Å². The minimum absolute atomic E-state index is 0.858. The molecule has 1 radical (unpaired) electrons. The van der Waals surface area contributed by atoms with E-state index in [1.807, 2.05) is 5.92 Å². The van der Waals surface area contributed by atoms with Crippen LogP contribution in [0.4, 0.5) is 0 Å². The lowest BCUT2D eigenvalue weighted by atomic mass is 9.83. The van der Waals surface area contributed by atoms with Gasteiger partial charge in [0.1, 0.15) is 0 Å². The lowest BCUT2D eigenvalue weighted by molar-refractivity contribution is 0.460. The molecule has 0 aromatic rings. The summed E-state index contributed by atoms with van der Waals surface area (Å²) in [5.41, 5.74) is 0. The van der Waals surface area contributed by atoms with Crippen molar-refractivity contribution in [3.8, 4) is 0 Å². The number of hydrogen-bond donors (Lipinski definition) is 0. The van der Waals surface area contributed by atoms with Gasteiger partial charge in [0.25, 0.3) is 0 Å². The molecule has 0 amide bonds. The first kappa shape index (κ1) is 21.0. The Morgan fingerprint density at radius 3 is 1.38 bits per heavy atom. The van der Waals surface area contributed by atoms with Crippen molar-refractivity contribution in [3.05, 3.63) is 5.92 Å². The van der Waals surface area contributed by atoms with Crippen LogP contribution in [-0.2, 0) is 0 Å². The molecule has 1 unspecified atom stereocenters. The van der Waals surface area contributed by atoms with E-state index in [1.165, 1.54) is 96.3 Å². The average molecular weight is 296 g/mol. The normalized spacial score (nSPS) is 13.0. The lowest BCUT2D eigenvalue weighted by Crippen LogP contribution is -2.09. The molecule has 0 N–H and O–H groups in total. The average Bonchev–Trinajstić information content (AvgIpc) is 2.51. The first-order valence-corrected chi connectivity index (χ1v) is 10.1. The molecule has 0 nitrogen and oxygen atoms in total. The fourth-order valence-electron chi connectivity index (χ4n) is 3.17. The Hall–Kier alpha value is 0. The summed E-state index contributed by atoms with van der Waals surface area (Å²) >= 11 is 0. The highest BCUT2D eigenvalue weighted by molar-refractivity contribution is 4.93. The summed E-state index contributed by atoms with van der Waals surface area (Å²) in [5, 5.41) is 0. The Labute approximate surface area is 136 Å². The van der Waals surface area contributed by atoms with Crippen LogP contribution in [0.2, 0.25) is 0 Å². The largest absolute Gasteiger partial charge is 0.0654 e. The summed E-state index contributed by atoms with van der Waals surface area (Å²) in [7, 11) is 0. The van der Waals surface area contributed by atoms with Crippen LogP contribution in [0.15, 0.2) is 0 Å². The van der Waals surface area contributed by atoms with E-state index in [0.717, 1.165) is 5.92 Å². The Morgan fingerprint density at radius 1 is 0.571 bits per heavy atom. The molecule has 127 valence electrons. The zero-order chi connectivity index (χ0) is 15.8. The first-order chi connectivity index (χ1) is 10.3. The molecule has 0 aromatic carbocycles. The lowest BCUT2D eigenvalue weighted by Gasteiger charge is -2.22. The minimum Gasteiger partial charge on any atom is -0.0654 e. The SMILES string of the molecule is CCCCCCCCCC[C](CCCCCC)C(C)CC. The molecule has 0 aromatic heterocycles. The standard InChI is InChI=1S/C21H43/c1-5-8-10-12-13-14-15-17-19-21(20(4)7-3)18-16-11-9-6-2/h20H,5-19H2,1-4H3. The molecular formula is C21H43. The fraction of sp³-hybridized carbons (Fsp3) is 0.952. The van der Waals surface area contributed by atoms with Crippen LogP contribution in [-0.4, -0.2) is 0 Å². The molecule has 0 saturated heterocycles. The molecule has 0 fully saturated rings. The van der Waals surface area contributed by atoms with Crippen LogP contribution in [0.25, 0.3) is 0 Å².